The van der Waals surface area contributed by atoms with Crippen molar-refractivity contribution in [1.82, 2.24) is 4.98 Å². The lowest BCUT2D eigenvalue weighted by Gasteiger charge is -1.93. The molecule has 2 aromatic carbocycles. The number of hydrogen-bond acceptors (Lipinski definition) is 4. The van der Waals surface area contributed by atoms with Gasteiger partial charge in [-0.15, -0.1) is 0 Å². The molecule has 0 atom stereocenters. The molecule has 0 aliphatic carbocycles. The van der Waals surface area contributed by atoms with Crippen molar-refractivity contribution in [1.29, 1.82) is 0 Å². The van der Waals surface area contributed by atoms with Gasteiger partial charge >= 0.3 is 0 Å². The van der Waals surface area contributed by atoms with Crippen molar-refractivity contribution in [3.8, 4) is 11.5 Å². The number of aromatic nitrogens is 1. The molecule has 3 rings (SSSR count). The Balaban J connectivity index is 2.19. The smallest absolute Gasteiger partial charge is 0.298 e. The maximum absolute atomic E-state index is 12.8. The van der Waals surface area contributed by atoms with Gasteiger partial charge in [-0.2, -0.15) is 0 Å². The minimum atomic E-state index is -0.515. The zero-order valence-corrected chi connectivity index (χ0v) is 9.54. The molecule has 3 aromatic rings. The summed E-state index contributed by atoms with van der Waals surface area (Å²) < 4.78 is 18.3. The van der Waals surface area contributed by atoms with Gasteiger partial charge < -0.3 is 4.42 Å². The third-order valence-electron chi connectivity index (χ3n) is 2.69. The second-order valence-corrected chi connectivity index (χ2v) is 3.91. The quantitative estimate of drug-likeness (QED) is 0.520. The Labute approximate surface area is 106 Å². The molecule has 1 aromatic heterocycles. The number of hydrogen-bond donors (Lipinski definition) is 0. The molecule has 6 heteroatoms. The second-order valence-electron chi connectivity index (χ2n) is 3.91. The van der Waals surface area contributed by atoms with Crippen LogP contribution in [0.2, 0.25) is 0 Å². The Kier molecular flexibility index (Phi) is 2.49. The largest absolute Gasteiger partial charge is 0.436 e. The summed E-state index contributed by atoms with van der Waals surface area (Å²) in [4.78, 5) is 14.5. The van der Waals surface area contributed by atoms with Gasteiger partial charge in [-0.25, -0.2) is 9.37 Å². The molecule has 0 saturated heterocycles. The van der Waals surface area contributed by atoms with Gasteiger partial charge in [0.1, 0.15) is 5.82 Å². The fourth-order valence-electron chi connectivity index (χ4n) is 1.80. The highest BCUT2D eigenvalue weighted by atomic mass is 19.1. The molecule has 0 amide bonds. The highest BCUT2D eigenvalue weighted by molar-refractivity contribution is 5.84. The van der Waals surface area contributed by atoms with Gasteiger partial charge in [-0.1, -0.05) is 6.07 Å². The number of non-ortho nitro benzene ring substituents is 1. The topological polar surface area (TPSA) is 69.2 Å². The summed E-state index contributed by atoms with van der Waals surface area (Å²) in [6.45, 7) is 0. The Bertz CT molecular complexity index is 765. The molecule has 0 saturated carbocycles. The first kappa shape index (κ1) is 11.3. The summed E-state index contributed by atoms with van der Waals surface area (Å²) in [6, 6.07) is 10.1. The zero-order valence-electron chi connectivity index (χ0n) is 9.54. The van der Waals surface area contributed by atoms with Crippen molar-refractivity contribution in [3.05, 3.63) is 58.4 Å². The molecule has 5 nitrogen and oxygen atoms in total. The maximum Gasteiger partial charge on any atom is 0.298 e. The lowest BCUT2D eigenvalue weighted by Crippen LogP contribution is -1.88. The molecule has 0 spiro atoms. The predicted molar refractivity (Wildman–Crippen MR) is 66.1 cm³/mol. The van der Waals surface area contributed by atoms with Crippen LogP contribution in [0, 0.1) is 15.9 Å². The highest BCUT2D eigenvalue weighted by Crippen LogP contribution is 2.29. The SMILES string of the molecule is O=[N+]([O-])c1cccc2oc(-c3ccc(F)cc3)nc12. The normalized spacial score (nSPS) is 10.8. The van der Waals surface area contributed by atoms with E-state index in [0.717, 1.165) is 0 Å². The van der Waals surface area contributed by atoms with E-state index in [9.17, 15) is 14.5 Å². The lowest BCUT2D eigenvalue weighted by molar-refractivity contribution is -0.383. The molecular formula is C13H7FN2O3. The number of benzene rings is 2. The standard InChI is InChI=1S/C13H7FN2O3/c14-9-6-4-8(5-7-9)13-15-12-10(16(17)18)2-1-3-11(12)19-13/h1-7H. The van der Waals surface area contributed by atoms with E-state index in [1.165, 1.54) is 36.4 Å². The van der Waals surface area contributed by atoms with Crippen LogP contribution in [0.1, 0.15) is 0 Å². The first-order valence-corrected chi connectivity index (χ1v) is 5.45. The minimum absolute atomic E-state index is 0.116. The molecule has 0 bridgehead atoms. The summed E-state index contributed by atoms with van der Waals surface area (Å²) in [6.07, 6.45) is 0. The Morgan fingerprint density at radius 2 is 1.89 bits per heavy atom. The summed E-state index contributed by atoms with van der Waals surface area (Å²) in [5.74, 6) is -0.143. The fraction of sp³-hybridized carbons (Fsp3) is 0. The zero-order chi connectivity index (χ0) is 13.4. The highest BCUT2D eigenvalue weighted by Gasteiger charge is 2.17. The molecule has 0 radical (unpaired) electrons. The third kappa shape index (κ3) is 1.93. The van der Waals surface area contributed by atoms with Crippen molar-refractivity contribution in [2.75, 3.05) is 0 Å². The van der Waals surface area contributed by atoms with Crippen LogP contribution in [0.25, 0.3) is 22.6 Å². The Morgan fingerprint density at radius 3 is 2.58 bits per heavy atom. The van der Waals surface area contributed by atoms with Crippen molar-refractivity contribution < 1.29 is 13.7 Å². The van der Waals surface area contributed by atoms with E-state index in [0.29, 0.717) is 11.1 Å². The van der Waals surface area contributed by atoms with Crippen LogP contribution in [0.4, 0.5) is 10.1 Å². The van der Waals surface area contributed by atoms with E-state index >= 15 is 0 Å². The summed E-state index contributed by atoms with van der Waals surface area (Å²) in [5, 5.41) is 10.9. The molecular weight excluding hydrogens is 251 g/mol. The average molecular weight is 258 g/mol. The van der Waals surface area contributed by atoms with E-state index in [1.807, 2.05) is 0 Å². The van der Waals surface area contributed by atoms with Crippen molar-refractivity contribution in [2.24, 2.45) is 0 Å². The van der Waals surface area contributed by atoms with Crippen molar-refractivity contribution in [3.63, 3.8) is 0 Å². The number of rotatable bonds is 2. The molecule has 94 valence electrons. The lowest BCUT2D eigenvalue weighted by atomic mass is 10.2. The molecule has 0 N–H and O–H groups in total. The number of fused-ring (bicyclic) bond motifs is 1. The van der Waals surface area contributed by atoms with Gasteiger partial charge in [-0.3, -0.25) is 10.1 Å². The van der Waals surface area contributed by atoms with Crippen molar-refractivity contribution >= 4 is 16.8 Å². The first-order chi connectivity index (χ1) is 9.15. The number of nitro groups is 1. The number of oxazole rings is 1. The van der Waals surface area contributed by atoms with E-state index in [2.05, 4.69) is 4.98 Å². The van der Waals surface area contributed by atoms with Crippen LogP contribution in [-0.4, -0.2) is 9.91 Å². The number of nitro benzene ring substituents is 1. The molecule has 19 heavy (non-hydrogen) atoms. The monoisotopic (exact) mass is 258 g/mol. The van der Waals surface area contributed by atoms with Gasteiger partial charge in [0.2, 0.25) is 5.89 Å². The fourth-order valence-corrected chi connectivity index (χ4v) is 1.80. The summed E-state index contributed by atoms with van der Waals surface area (Å²) in [5.41, 5.74) is 0.960. The second kappa shape index (κ2) is 4.16. The van der Waals surface area contributed by atoms with E-state index in [-0.39, 0.29) is 22.9 Å². The van der Waals surface area contributed by atoms with Crippen LogP contribution in [0.15, 0.2) is 46.9 Å². The Hall–Kier alpha value is -2.76. The number of nitrogens with zero attached hydrogens (tertiary/aromatic N) is 2. The average Bonchev–Trinajstić information content (AvgIpc) is 2.82. The minimum Gasteiger partial charge on any atom is -0.436 e. The van der Waals surface area contributed by atoms with Crippen LogP contribution in [0.5, 0.6) is 0 Å². The summed E-state index contributed by atoms with van der Waals surface area (Å²) in [7, 11) is 0. The molecule has 0 unspecified atom stereocenters. The molecule has 0 aliphatic heterocycles. The van der Waals surface area contributed by atoms with Crippen LogP contribution in [-0.2, 0) is 0 Å². The summed E-state index contributed by atoms with van der Waals surface area (Å²) >= 11 is 0. The molecule has 1 heterocycles. The van der Waals surface area contributed by atoms with Gasteiger partial charge in [0.15, 0.2) is 11.1 Å². The van der Waals surface area contributed by atoms with Gasteiger partial charge in [0.25, 0.3) is 5.69 Å². The van der Waals surface area contributed by atoms with Crippen LogP contribution in [0.3, 0.4) is 0 Å². The number of para-hydroxylation sites is 1. The third-order valence-corrected chi connectivity index (χ3v) is 2.69. The van der Waals surface area contributed by atoms with E-state index in [4.69, 9.17) is 4.42 Å². The predicted octanol–water partition coefficient (Wildman–Crippen LogP) is 3.54. The van der Waals surface area contributed by atoms with Gasteiger partial charge in [0, 0.05) is 11.6 Å². The van der Waals surface area contributed by atoms with E-state index in [1.54, 1.807) is 6.07 Å². The number of halogens is 1. The van der Waals surface area contributed by atoms with Gasteiger partial charge in [0.05, 0.1) is 4.92 Å². The maximum atomic E-state index is 12.8. The Morgan fingerprint density at radius 1 is 1.16 bits per heavy atom. The molecule has 0 aliphatic rings. The van der Waals surface area contributed by atoms with Gasteiger partial charge in [-0.05, 0) is 30.3 Å². The van der Waals surface area contributed by atoms with E-state index < -0.39 is 4.92 Å². The first-order valence-electron chi connectivity index (χ1n) is 5.45. The van der Waals surface area contributed by atoms with Crippen molar-refractivity contribution in [2.45, 2.75) is 0 Å². The van der Waals surface area contributed by atoms with Crippen LogP contribution >= 0.6 is 0 Å². The molecule has 0 fully saturated rings. The van der Waals surface area contributed by atoms with Crippen LogP contribution < -0.4 is 0 Å².